The normalized spacial score (nSPS) is 21.0. The topological polar surface area (TPSA) is 195 Å². The van der Waals surface area contributed by atoms with Crippen LogP contribution < -0.4 is 10.3 Å². The van der Waals surface area contributed by atoms with E-state index in [4.69, 9.17) is 54.6 Å². The molecule has 0 amide bonds. The van der Waals surface area contributed by atoms with Crippen LogP contribution in [-0.4, -0.2) is 70.7 Å². The summed E-state index contributed by atoms with van der Waals surface area (Å²) in [6, 6.07) is 17.9. The highest BCUT2D eigenvalue weighted by atomic mass is 35.5. The second kappa shape index (κ2) is 26.1. The number of hydrogen-bond donors (Lipinski definition) is 1. The molecule has 4 heterocycles. The van der Waals surface area contributed by atoms with Crippen molar-refractivity contribution in [3.05, 3.63) is 88.6 Å². The zero-order chi connectivity index (χ0) is 48.4. The summed E-state index contributed by atoms with van der Waals surface area (Å²) in [7, 11) is -4.71. The minimum Gasteiger partial charge on any atom is -0.402 e. The van der Waals surface area contributed by atoms with Gasteiger partial charge in [-0.15, -0.1) is 0 Å². The summed E-state index contributed by atoms with van der Waals surface area (Å²) in [5.74, 6) is -1.49. The Kier molecular flexibility index (Phi) is 20.4. The summed E-state index contributed by atoms with van der Waals surface area (Å²) in [5, 5.41) is 24.8. The number of rotatable bonds is 31. The molecule has 0 aliphatic carbocycles. The lowest BCUT2D eigenvalue weighted by Gasteiger charge is -2.30. The lowest BCUT2D eigenvalue weighted by Crippen LogP contribution is -2.46. The Morgan fingerprint density at radius 3 is 2.22 bits per heavy atom. The third-order valence-corrected chi connectivity index (χ3v) is 13.8. The Balaban J connectivity index is 1.07. The summed E-state index contributed by atoms with van der Waals surface area (Å²) < 4.78 is 80.1. The minimum atomic E-state index is -4.71. The predicted octanol–water partition coefficient (Wildman–Crippen LogP) is 11.9. The maximum atomic E-state index is 14.9. The molecule has 1 unspecified atom stereocenters. The summed E-state index contributed by atoms with van der Waals surface area (Å²) in [6.07, 6.45) is 17.7. The highest BCUT2D eigenvalue weighted by molar-refractivity contribution is 7.49. The third kappa shape index (κ3) is 15.2. The van der Waals surface area contributed by atoms with Crippen molar-refractivity contribution >= 4 is 30.8 Å². The van der Waals surface area contributed by atoms with Crippen LogP contribution >= 0.6 is 19.4 Å². The number of fused-ring (bicyclic) bond motifs is 2. The standard InChI is InChI=1S/C50H67ClFN6O9P/c1-4-5-6-7-8-9-10-11-12-13-14-15-16-17-18-21-26-60-32-40(61-31-38-27-37(30-53)28-39(52)29-38)33-62-68(59,67-44-23-20-19-22-41(44)51)63-35-50(34-54)47-46(64-49(2,3)66-47)45(65-50)42-24-25-43-48(55)56-36-57-58(42)43/h19-20,22-25,27-29,36,40,45-47H,4-18,21,26,31-33,35H2,1-3H3,(H2,55,56,57)/t40-,45+,46+,47+,50-,68?/m1/s1. The van der Waals surface area contributed by atoms with E-state index >= 15 is 0 Å². The molecule has 0 spiro atoms. The molecule has 18 heteroatoms. The number of para-hydroxylation sites is 1. The zero-order valence-corrected chi connectivity index (χ0v) is 41.3. The van der Waals surface area contributed by atoms with E-state index in [1.54, 1.807) is 48.7 Å². The van der Waals surface area contributed by atoms with Gasteiger partial charge in [0, 0.05) is 6.61 Å². The number of phosphoric ester groups is 1. The molecule has 2 N–H and O–H groups in total. The molecule has 2 aliphatic rings. The number of nitrogens with two attached hydrogens (primary N) is 1. The lowest BCUT2D eigenvalue weighted by molar-refractivity contribution is -0.204. The highest BCUT2D eigenvalue weighted by Gasteiger charge is 2.65. The van der Waals surface area contributed by atoms with Crippen LogP contribution in [0.3, 0.4) is 0 Å². The van der Waals surface area contributed by atoms with E-state index in [1.807, 2.05) is 6.07 Å². The van der Waals surface area contributed by atoms with Crippen LogP contribution in [0, 0.1) is 28.5 Å². The number of nitrogens with zero attached hydrogens (tertiary/aromatic N) is 5. The average molecular weight is 982 g/mol. The first kappa shape index (κ1) is 53.2. The van der Waals surface area contributed by atoms with Gasteiger partial charge in [-0.1, -0.05) is 127 Å². The van der Waals surface area contributed by atoms with Gasteiger partial charge in [-0.3, -0.25) is 9.05 Å². The van der Waals surface area contributed by atoms with Crippen LogP contribution in [0.5, 0.6) is 5.75 Å². The van der Waals surface area contributed by atoms with E-state index in [9.17, 15) is 19.5 Å². The number of ether oxygens (including phenoxy) is 5. The van der Waals surface area contributed by atoms with Crippen molar-refractivity contribution in [2.75, 3.05) is 32.2 Å². The van der Waals surface area contributed by atoms with Gasteiger partial charge in [-0.25, -0.2) is 18.5 Å². The number of nitriles is 2. The van der Waals surface area contributed by atoms with Gasteiger partial charge in [0.05, 0.1) is 42.2 Å². The minimum absolute atomic E-state index is 0.00822. The Morgan fingerprint density at radius 2 is 1.56 bits per heavy atom. The summed E-state index contributed by atoms with van der Waals surface area (Å²) in [6.45, 7) is 4.97. The molecule has 4 aromatic rings. The lowest BCUT2D eigenvalue weighted by atomic mass is 9.96. The smallest absolute Gasteiger partial charge is 0.402 e. The molecule has 0 bridgehead atoms. The molecule has 2 aromatic carbocycles. The van der Waals surface area contributed by atoms with Crippen molar-refractivity contribution in [2.24, 2.45) is 0 Å². The fourth-order valence-electron chi connectivity index (χ4n) is 8.59. The summed E-state index contributed by atoms with van der Waals surface area (Å²) in [4.78, 5) is 4.07. The number of nitrogen functional groups attached to an aromatic ring is 1. The quantitative estimate of drug-likeness (QED) is 0.0369. The Hall–Kier alpha value is -4.19. The van der Waals surface area contributed by atoms with E-state index < -0.39 is 56.1 Å². The fraction of sp³-hybridized carbons (Fsp3) is 0.600. The SMILES string of the molecule is CCCCCCCCCCCCCCCCCCOC[C@H](COP(=O)(OC[C@@]1(C#N)O[C@@H](c2ccc3c(N)ncnn23)[C@@H]2OC(C)(C)O[C@@H]21)Oc1ccccc1Cl)OCc1cc(F)cc(C#N)c1. The van der Waals surface area contributed by atoms with Gasteiger partial charge >= 0.3 is 7.82 Å². The molecule has 2 aromatic heterocycles. The molecular formula is C50H67ClFN6O9P. The molecule has 68 heavy (non-hydrogen) atoms. The number of hydrogen-bond acceptors (Lipinski definition) is 14. The Bertz CT molecular complexity index is 2340. The van der Waals surface area contributed by atoms with Crippen LogP contribution in [0.1, 0.15) is 146 Å². The number of halogens is 2. The maximum absolute atomic E-state index is 14.9. The molecule has 6 rings (SSSR count). The van der Waals surface area contributed by atoms with Crippen molar-refractivity contribution < 1.29 is 46.2 Å². The van der Waals surface area contributed by atoms with Crippen molar-refractivity contribution in [2.45, 2.75) is 166 Å². The third-order valence-electron chi connectivity index (χ3n) is 12.1. The molecule has 2 aliphatic heterocycles. The number of phosphoric acid groups is 1. The molecule has 2 saturated heterocycles. The Labute approximate surface area is 405 Å². The van der Waals surface area contributed by atoms with Gasteiger partial charge in [-0.2, -0.15) is 15.6 Å². The number of unbranched alkanes of at least 4 members (excludes halogenated alkanes) is 15. The van der Waals surface area contributed by atoms with Gasteiger partial charge in [0.2, 0.25) is 5.60 Å². The van der Waals surface area contributed by atoms with E-state index in [2.05, 4.69) is 23.1 Å². The molecule has 0 saturated carbocycles. The van der Waals surface area contributed by atoms with Crippen molar-refractivity contribution in [3.8, 4) is 17.9 Å². The second-order valence-corrected chi connectivity index (χ2v) is 20.1. The predicted molar refractivity (Wildman–Crippen MR) is 255 cm³/mol. The molecule has 0 radical (unpaired) electrons. The van der Waals surface area contributed by atoms with Crippen LogP contribution in [0.2, 0.25) is 5.02 Å². The number of benzene rings is 2. The van der Waals surface area contributed by atoms with Crippen LogP contribution in [0.15, 0.2) is 60.9 Å². The fourth-order valence-corrected chi connectivity index (χ4v) is 10.1. The molecular weight excluding hydrogens is 914 g/mol. The molecule has 2 fully saturated rings. The zero-order valence-electron chi connectivity index (χ0n) is 39.6. The molecule has 370 valence electrons. The maximum Gasteiger partial charge on any atom is 0.530 e. The van der Waals surface area contributed by atoms with Gasteiger partial charge in [-0.05, 0) is 68.3 Å². The van der Waals surface area contributed by atoms with E-state index in [-0.39, 0.29) is 42.0 Å². The Morgan fingerprint density at radius 1 is 0.882 bits per heavy atom. The number of anilines is 1. The first-order valence-electron chi connectivity index (χ1n) is 24.1. The van der Waals surface area contributed by atoms with E-state index in [0.29, 0.717) is 23.4 Å². The van der Waals surface area contributed by atoms with Gasteiger partial charge in [0.25, 0.3) is 0 Å². The number of aromatic nitrogens is 3. The van der Waals surface area contributed by atoms with E-state index in [0.717, 1.165) is 25.3 Å². The van der Waals surface area contributed by atoms with Crippen LogP contribution in [0.25, 0.3) is 5.52 Å². The summed E-state index contributed by atoms with van der Waals surface area (Å²) in [5.41, 5.74) is 5.78. The highest BCUT2D eigenvalue weighted by Crippen LogP contribution is 2.55. The van der Waals surface area contributed by atoms with Gasteiger partial charge in [0.1, 0.15) is 60.5 Å². The van der Waals surface area contributed by atoms with Crippen molar-refractivity contribution in [1.29, 1.82) is 10.5 Å². The second-order valence-electron chi connectivity index (χ2n) is 18.1. The summed E-state index contributed by atoms with van der Waals surface area (Å²) >= 11 is 6.47. The first-order valence-corrected chi connectivity index (χ1v) is 26.0. The van der Waals surface area contributed by atoms with Crippen LogP contribution in [0.4, 0.5) is 10.2 Å². The van der Waals surface area contributed by atoms with Gasteiger partial charge < -0.3 is 33.9 Å². The van der Waals surface area contributed by atoms with Crippen LogP contribution in [-0.2, 0) is 43.9 Å². The van der Waals surface area contributed by atoms with Crippen molar-refractivity contribution in [1.82, 2.24) is 14.6 Å². The van der Waals surface area contributed by atoms with Crippen molar-refractivity contribution in [3.63, 3.8) is 0 Å². The first-order chi connectivity index (χ1) is 32.9. The molecule has 6 atom stereocenters. The van der Waals surface area contributed by atoms with Gasteiger partial charge in [0.15, 0.2) is 11.6 Å². The average Bonchev–Trinajstić information content (AvgIpc) is 3.99. The largest absolute Gasteiger partial charge is 0.530 e. The monoisotopic (exact) mass is 980 g/mol. The van der Waals surface area contributed by atoms with E-state index in [1.165, 1.54) is 108 Å². The molecule has 15 nitrogen and oxygen atoms in total.